The minimum atomic E-state index is -0.768. The fraction of sp³-hybridized carbons (Fsp3) is 0.615. The van der Waals surface area contributed by atoms with E-state index in [1.807, 2.05) is 11.9 Å². The molecule has 0 unspecified atom stereocenters. The number of rotatable bonds is 4. The molecule has 1 aromatic rings. The lowest BCUT2D eigenvalue weighted by Crippen LogP contribution is -2.50. The van der Waals surface area contributed by atoms with Gasteiger partial charge < -0.3 is 10.0 Å². The number of nitrogens with zero attached hydrogens (tertiary/aromatic N) is 3. The Hall–Kier alpha value is -1.36. The van der Waals surface area contributed by atoms with E-state index >= 15 is 0 Å². The molecule has 0 aliphatic heterocycles. The van der Waals surface area contributed by atoms with Crippen LogP contribution in [0.5, 0.6) is 0 Å². The number of anilines is 1. The number of carboxylic acid groups (broad SMARTS) is 1. The first kappa shape index (κ1) is 14.1. The van der Waals surface area contributed by atoms with Crippen LogP contribution < -0.4 is 4.90 Å². The van der Waals surface area contributed by atoms with E-state index < -0.39 is 5.97 Å². The number of halogens is 1. The van der Waals surface area contributed by atoms with E-state index in [0.29, 0.717) is 11.0 Å². The largest absolute Gasteiger partial charge is 0.481 e. The summed E-state index contributed by atoms with van der Waals surface area (Å²) in [4.78, 5) is 13.1. The molecule has 0 spiro atoms. The quantitative estimate of drug-likeness (QED) is 0.920. The predicted molar refractivity (Wildman–Crippen MR) is 73.5 cm³/mol. The summed E-state index contributed by atoms with van der Waals surface area (Å²) >= 11 is 5.73. The maximum absolute atomic E-state index is 11.2. The minimum absolute atomic E-state index is 0.133. The van der Waals surface area contributed by atoms with Crippen molar-refractivity contribution in [3.8, 4) is 0 Å². The van der Waals surface area contributed by atoms with Gasteiger partial charge in [-0.15, -0.1) is 10.2 Å². The van der Waals surface area contributed by atoms with Gasteiger partial charge >= 0.3 is 5.97 Å². The summed E-state index contributed by atoms with van der Waals surface area (Å²) in [5.74, 6) is -0.0942. The van der Waals surface area contributed by atoms with E-state index in [2.05, 4.69) is 10.2 Å². The zero-order chi connectivity index (χ0) is 13.9. The van der Waals surface area contributed by atoms with Crippen LogP contribution >= 0.6 is 11.6 Å². The Morgan fingerprint density at radius 3 is 2.58 bits per heavy atom. The zero-order valence-corrected chi connectivity index (χ0v) is 11.7. The van der Waals surface area contributed by atoms with Gasteiger partial charge in [-0.1, -0.05) is 30.9 Å². The molecule has 2 rings (SSSR count). The van der Waals surface area contributed by atoms with Crippen LogP contribution in [0.1, 0.15) is 38.5 Å². The lowest BCUT2D eigenvalue weighted by Gasteiger charge is -2.44. The fourth-order valence-corrected chi connectivity index (χ4v) is 2.95. The van der Waals surface area contributed by atoms with Crippen LogP contribution in [0.4, 0.5) is 5.82 Å². The average Bonchev–Trinajstić information content (AvgIpc) is 2.39. The first-order valence-corrected chi connectivity index (χ1v) is 6.86. The Morgan fingerprint density at radius 2 is 2.05 bits per heavy atom. The van der Waals surface area contributed by atoms with E-state index in [1.54, 1.807) is 12.1 Å². The number of aliphatic carboxylic acids is 1. The maximum Gasteiger partial charge on any atom is 0.305 e. The molecule has 0 saturated heterocycles. The molecule has 0 atom stereocenters. The van der Waals surface area contributed by atoms with Gasteiger partial charge in [-0.3, -0.25) is 4.79 Å². The molecule has 1 heterocycles. The van der Waals surface area contributed by atoms with Gasteiger partial charge in [0.15, 0.2) is 11.0 Å². The van der Waals surface area contributed by atoms with E-state index in [-0.39, 0.29) is 12.0 Å². The van der Waals surface area contributed by atoms with Gasteiger partial charge in [0.25, 0.3) is 0 Å². The molecular weight excluding hydrogens is 266 g/mol. The summed E-state index contributed by atoms with van der Waals surface area (Å²) in [5, 5.41) is 17.4. The monoisotopic (exact) mass is 283 g/mol. The van der Waals surface area contributed by atoms with Gasteiger partial charge in [0.1, 0.15) is 0 Å². The molecule has 6 heteroatoms. The van der Waals surface area contributed by atoms with Gasteiger partial charge in [-0.25, -0.2) is 0 Å². The Morgan fingerprint density at radius 1 is 1.37 bits per heavy atom. The Bertz CT molecular complexity index is 444. The average molecular weight is 284 g/mol. The van der Waals surface area contributed by atoms with Crippen molar-refractivity contribution in [2.75, 3.05) is 11.9 Å². The highest BCUT2D eigenvalue weighted by molar-refractivity contribution is 6.29. The molecule has 1 aromatic heterocycles. The Kier molecular flexibility index (Phi) is 4.24. The summed E-state index contributed by atoms with van der Waals surface area (Å²) in [6.45, 7) is 0. The summed E-state index contributed by atoms with van der Waals surface area (Å²) in [7, 11) is 1.90. The van der Waals surface area contributed by atoms with E-state index in [0.717, 1.165) is 25.7 Å². The lowest BCUT2D eigenvalue weighted by molar-refractivity contribution is -0.138. The summed E-state index contributed by atoms with van der Waals surface area (Å²) in [5.41, 5.74) is -0.355. The second kappa shape index (κ2) is 5.74. The molecule has 1 fully saturated rings. The molecule has 19 heavy (non-hydrogen) atoms. The highest BCUT2D eigenvalue weighted by Crippen LogP contribution is 2.37. The normalized spacial score (nSPS) is 18.0. The molecule has 0 amide bonds. The highest BCUT2D eigenvalue weighted by Gasteiger charge is 2.39. The van der Waals surface area contributed by atoms with Crippen molar-refractivity contribution in [2.45, 2.75) is 44.1 Å². The summed E-state index contributed by atoms with van der Waals surface area (Å²) in [6.07, 6.45) is 5.16. The van der Waals surface area contributed by atoms with Gasteiger partial charge in [0.2, 0.25) is 0 Å². The number of hydrogen-bond acceptors (Lipinski definition) is 4. The van der Waals surface area contributed by atoms with Crippen LogP contribution in [0.15, 0.2) is 12.1 Å². The van der Waals surface area contributed by atoms with Crippen LogP contribution in [-0.2, 0) is 4.79 Å². The lowest BCUT2D eigenvalue weighted by atomic mass is 9.78. The molecule has 0 aromatic carbocycles. The predicted octanol–water partition coefficient (Wildman–Crippen LogP) is 2.74. The van der Waals surface area contributed by atoms with Gasteiger partial charge in [0, 0.05) is 7.05 Å². The van der Waals surface area contributed by atoms with Crippen molar-refractivity contribution in [3.05, 3.63) is 17.3 Å². The number of hydrogen-bond donors (Lipinski definition) is 1. The third kappa shape index (κ3) is 3.15. The summed E-state index contributed by atoms with van der Waals surface area (Å²) in [6, 6.07) is 3.46. The van der Waals surface area contributed by atoms with Crippen molar-refractivity contribution >= 4 is 23.4 Å². The van der Waals surface area contributed by atoms with Crippen molar-refractivity contribution in [3.63, 3.8) is 0 Å². The van der Waals surface area contributed by atoms with Crippen LogP contribution in [0.25, 0.3) is 0 Å². The van der Waals surface area contributed by atoms with Crippen LogP contribution in [0.3, 0.4) is 0 Å². The first-order chi connectivity index (χ1) is 9.03. The SMILES string of the molecule is CN(c1ccc(Cl)nn1)C1(CC(=O)O)CCCCC1. The number of carboxylic acids is 1. The molecular formula is C13H18ClN3O2. The van der Waals surface area contributed by atoms with Crippen molar-refractivity contribution in [1.82, 2.24) is 10.2 Å². The second-order valence-electron chi connectivity index (χ2n) is 5.13. The van der Waals surface area contributed by atoms with Crippen LogP contribution in [0, 0.1) is 0 Å². The molecule has 0 radical (unpaired) electrons. The smallest absolute Gasteiger partial charge is 0.305 e. The topological polar surface area (TPSA) is 66.3 Å². The molecule has 1 saturated carbocycles. The maximum atomic E-state index is 11.2. The number of carbonyl (C=O) groups is 1. The number of aromatic nitrogens is 2. The van der Waals surface area contributed by atoms with E-state index in [4.69, 9.17) is 11.6 Å². The van der Waals surface area contributed by atoms with Crippen molar-refractivity contribution in [1.29, 1.82) is 0 Å². The Labute approximate surface area is 117 Å². The molecule has 5 nitrogen and oxygen atoms in total. The molecule has 1 N–H and O–H groups in total. The highest BCUT2D eigenvalue weighted by atomic mass is 35.5. The van der Waals surface area contributed by atoms with Crippen molar-refractivity contribution < 1.29 is 9.90 Å². The van der Waals surface area contributed by atoms with Gasteiger partial charge in [0.05, 0.1) is 12.0 Å². The molecule has 1 aliphatic rings. The summed E-state index contributed by atoms with van der Waals surface area (Å²) < 4.78 is 0. The fourth-order valence-electron chi connectivity index (χ4n) is 2.85. The van der Waals surface area contributed by atoms with Crippen LogP contribution in [-0.4, -0.2) is 33.9 Å². The third-order valence-electron chi connectivity index (χ3n) is 3.94. The van der Waals surface area contributed by atoms with Gasteiger partial charge in [-0.05, 0) is 25.0 Å². The molecule has 104 valence electrons. The minimum Gasteiger partial charge on any atom is -0.481 e. The standard InChI is InChI=1S/C13H18ClN3O2/c1-17(11-6-5-10(14)15-16-11)13(9-12(18)19)7-3-2-4-8-13/h5-6H,2-4,7-9H2,1H3,(H,18,19). The van der Waals surface area contributed by atoms with Crippen molar-refractivity contribution in [2.24, 2.45) is 0 Å². The first-order valence-electron chi connectivity index (χ1n) is 6.48. The second-order valence-corrected chi connectivity index (χ2v) is 5.52. The van der Waals surface area contributed by atoms with E-state index in [1.165, 1.54) is 6.42 Å². The third-order valence-corrected chi connectivity index (χ3v) is 4.14. The molecule has 1 aliphatic carbocycles. The van der Waals surface area contributed by atoms with Crippen LogP contribution in [0.2, 0.25) is 5.15 Å². The van der Waals surface area contributed by atoms with E-state index in [9.17, 15) is 9.90 Å². The Balaban J connectivity index is 2.26. The zero-order valence-electron chi connectivity index (χ0n) is 11.0. The molecule has 0 bridgehead atoms. The van der Waals surface area contributed by atoms with Gasteiger partial charge in [-0.2, -0.15) is 0 Å².